The lowest BCUT2D eigenvalue weighted by atomic mass is 10.1. The number of anilines is 2. The van der Waals surface area contributed by atoms with Gasteiger partial charge in [-0.05, 0) is 42.3 Å². The van der Waals surface area contributed by atoms with Crippen molar-refractivity contribution in [2.45, 2.75) is 13.3 Å². The Balaban J connectivity index is 1.66. The maximum absolute atomic E-state index is 14.9. The van der Waals surface area contributed by atoms with Gasteiger partial charge < -0.3 is 10.3 Å². The number of aromatic nitrogens is 2. The molecule has 0 saturated heterocycles. The van der Waals surface area contributed by atoms with E-state index in [0.717, 1.165) is 12.1 Å². The molecule has 0 fully saturated rings. The number of carbonyl (C=O) groups is 1. The standard InChI is InChI=1S/C23H19F3N4O3S/c1-2-8-34(32,33)30-19-7-6-18(25)20(21(19)26)23(31)29-15-10-16-17(12-28-22(16)27-11-15)13-4-3-5-14(24)9-13/h3-7,9-12,30H,2,8H2,1H3,(H,27,28)(H,29,31). The molecule has 2 heterocycles. The van der Waals surface area contributed by atoms with Gasteiger partial charge in [0.05, 0.1) is 23.3 Å². The van der Waals surface area contributed by atoms with Crippen LogP contribution in [0.25, 0.3) is 22.2 Å². The summed E-state index contributed by atoms with van der Waals surface area (Å²) in [6.45, 7) is 1.63. The van der Waals surface area contributed by atoms with E-state index in [2.05, 4.69) is 15.3 Å². The normalized spacial score (nSPS) is 11.5. The molecule has 0 saturated carbocycles. The fraction of sp³-hybridized carbons (Fsp3) is 0.130. The number of nitrogens with zero attached hydrogens (tertiary/aromatic N) is 1. The Labute approximate surface area is 193 Å². The van der Waals surface area contributed by atoms with Gasteiger partial charge in [-0.2, -0.15) is 0 Å². The van der Waals surface area contributed by atoms with E-state index in [1.165, 1.54) is 24.4 Å². The number of aromatic amines is 1. The van der Waals surface area contributed by atoms with E-state index in [9.17, 15) is 26.4 Å². The highest BCUT2D eigenvalue weighted by molar-refractivity contribution is 7.92. The maximum Gasteiger partial charge on any atom is 0.261 e. The minimum atomic E-state index is -3.86. The third-order valence-corrected chi connectivity index (χ3v) is 6.46. The molecule has 34 heavy (non-hydrogen) atoms. The van der Waals surface area contributed by atoms with Crippen LogP contribution in [0.15, 0.2) is 54.9 Å². The van der Waals surface area contributed by atoms with Gasteiger partial charge in [0, 0.05) is 17.1 Å². The number of hydrogen-bond donors (Lipinski definition) is 3. The van der Waals surface area contributed by atoms with Crippen molar-refractivity contribution in [2.75, 3.05) is 15.8 Å². The average molecular weight is 488 g/mol. The molecule has 7 nitrogen and oxygen atoms in total. The van der Waals surface area contributed by atoms with Gasteiger partial charge in [-0.25, -0.2) is 26.6 Å². The molecule has 2 aromatic heterocycles. The van der Waals surface area contributed by atoms with Crippen LogP contribution in [0, 0.1) is 17.5 Å². The molecule has 0 aliphatic heterocycles. The SMILES string of the molecule is CCCS(=O)(=O)Nc1ccc(F)c(C(=O)Nc2cnc3[nH]cc(-c4cccc(F)c4)c3c2)c1F. The van der Waals surface area contributed by atoms with Crippen molar-refractivity contribution in [3.63, 3.8) is 0 Å². The van der Waals surface area contributed by atoms with E-state index in [0.29, 0.717) is 22.2 Å². The lowest BCUT2D eigenvalue weighted by molar-refractivity contribution is 0.101. The molecule has 0 spiro atoms. The van der Waals surface area contributed by atoms with E-state index < -0.39 is 44.6 Å². The van der Waals surface area contributed by atoms with Crippen molar-refractivity contribution >= 4 is 38.3 Å². The number of H-pyrrole nitrogens is 1. The first-order valence-corrected chi connectivity index (χ1v) is 11.9. The van der Waals surface area contributed by atoms with Gasteiger partial charge in [-0.3, -0.25) is 9.52 Å². The zero-order valence-corrected chi connectivity index (χ0v) is 18.6. The lowest BCUT2D eigenvalue weighted by Crippen LogP contribution is -2.20. The molecule has 0 atom stereocenters. The smallest absolute Gasteiger partial charge is 0.261 e. The summed E-state index contributed by atoms with van der Waals surface area (Å²) in [6, 6.07) is 9.14. The Kier molecular flexibility index (Phi) is 6.29. The molecule has 3 N–H and O–H groups in total. The maximum atomic E-state index is 14.9. The molecule has 11 heteroatoms. The van der Waals surface area contributed by atoms with Crippen LogP contribution < -0.4 is 10.0 Å². The third kappa shape index (κ3) is 4.74. The van der Waals surface area contributed by atoms with Gasteiger partial charge in [-0.15, -0.1) is 0 Å². The largest absolute Gasteiger partial charge is 0.346 e. The van der Waals surface area contributed by atoms with Crippen LogP contribution >= 0.6 is 0 Å². The van der Waals surface area contributed by atoms with Gasteiger partial charge in [0.2, 0.25) is 10.0 Å². The fourth-order valence-electron chi connectivity index (χ4n) is 3.49. The van der Waals surface area contributed by atoms with Crippen LogP contribution in [0.1, 0.15) is 23.7 Å². The molecule has 0 unspecified atom stereocenters. The Hall–Kier alpha value is -3.86. The van der Waals surface area contributed by atoms with Crippen molar-refractivity contribution in [1.29, 1.82) is 0 Å². The van der Waals surface area contributed by atoms with Crippen molar-refractivity contribution < 1.29 is 26.4 Å². The highest BCUT2D eigenvalue weighted by Crippen LogP contribution is 2.30. The molecular formula is C23H19F3N4O3S. The number of nitrogens with one attached hydrogen (secondary N) is 3. The third-order valence-electron chi connectivity index (χ3n) is 4.98. The summed E-state index contributed by atoms with van der Waals surface area (Å²) in [7, 11) is -3.86. The number of rotatable bonds is 7. The van der Waals surface area contributed by atoms with Gasteiger partial charge in [-0.1, -0.05) is 19.1 Å². The molecule has 0 bridgehead atoms. The second-order valence-corrected chi connectivity index (χ2v) is 9.33. The predicted octanol–water partition coefficient (Wildman–Crippen LogP) is 5.05. The van der Waals surface area contributed by atoms with E-state index in [1.807, 2.05) is 4.72 Å². The molecule has 2 aromatic carbocycles. The first kappa shape index (κ1) is 23.3. The van der Waals surface area contributed by atoms with E-state index in [1.54, 1.807) is 25.3 Å². The van der Waals surface area contributed by atoms with Gasteiger partial charge in [0.1, 0.15) is 22.8 Å². The summed E-state index contributed by atoms with van der Waals surface area (Å²) in [6.07, 6.45) is 3.21. The average Bonchev–Trinajstić information content (AvgIpc) is 3.19. The van der Waals surface area contributed by atoms with Crippen molar-refractivity contribution in [1.82, 2.24) is 9.97 Å². The van der Waals surface area contributed by atoms with Crippen LogP contribution in [-0.2, 0) is 10.0 Å². The summed E-state index contributed by atoms with van der Waals surface area (Å²) in [5.41, 5.74) is 0.291. The summed E-state index contributed by atoms with van der Waals surface area (Å²) in [4.78, 5) is 19.8. The molecule has 1 amide bonds. The molecule has 0 aliphatic rings. The molecule has 0 aliphatic carbocycles. The summed E-state index contributed by atoms with van der Waals surface area (Å²) in [5.74, 6) is -4.32. The van der Waals surface area contributed by atoms with Crippen LogP contribution in [-0.4, -0.2) is 30.0 Å². The highest BCUT2D eigenvalue weighted by atomic mass is 32.2. The topological polar surface area (TPSA) is 104 Å². The van der Waals surface area contributed by atoms with Crippen molar-refractivity contribution in [3.8, 4) is 11.1 Å². The minimum Gasteiger partial charge on any atom is -0.346 e. The Morgan fingerprint density at radius 2 is 1.91 bits per heavy atom. The van der Waals surface area contributed by atoms with E-state index in [4.69, 9.17) is 0 Å². The zero-order chi connectivity index (χ0) is 24.5. The number of hydrogen-bond acceptors (Lipinski definition) is 4. The van der Waals surface area contributed by atoms with Crippen LogP contribution in [0.2, 0.25) is 0 Å². The van der Waals surface area contributed by atoms with Crippen LogP contribution in [0.5, 0.6) is 0 Å². The molecule has 176 valence electrons. The Morgan fingerprint density at radius 1 is 1.12 bits per heavy atom. The van der Waals surface area contributed by atoms with Gasteiger partial charge in [0.15, 0.2) is 5.82 Å². The molecule has 4 aromatic rings. The summed E-state index contributed by atoms with van der Waals surface area (Å²) >= 11 is 0. The first-order valence-electron chi connectivity index (χ1n) is 10.2. The van der Waals surface area contributed by atoms with Crippen LogP contribution in [0.4, 0.5) is 24.5 Å². The Bertz CT molecular complexity index is 1500. The van der Waals surface area contributed by atoms with Gasteiger partial charge in [0.25, 0.3) is 5.91 Å². The monoisotopic (exact) mass is 488 g/mol. The number of halogens is 3. The minimum absolute atomic E-state index is 0.130. The number of benzene rings is 2. The number of pyridine rings is 1. The number of carbonyl (C=O) groups excluding carboxylic acids is 1. The summed E-state index contributed by atoms with van der Waals surface area (Å²) < 4.78 is 68.9. The molecule has 4 rings (SSSR count). The second-order valence-electron chi connectivity index (χ2n) is 7.49. The Morgan fingerprint density at radius 3 is 2.65 bits per heavy atom. The number of fused-ring (bicyclic) bond motifs is 1. The van der Waals surface area contributed by atoms with E-state index in [-0.39, 0.29) is 17.9 Å². The number of amides is 1. The quantitative estimate of drug-likeness (QED) is 0.339. The van der Waals surface area contributed by atoms with Crippen molar-refractivity contribution in [3.05, 3.63) is 77.9 Å². The predicted molar refractivity (Wildman–Crippen MR) is 123 cm³/mol. The molecule has 0 radical (unpaired) electrons. The fourth-order valence-corrected chi connectivity index (χ4v) is 4.62. The zero-order valence-electron chi connectivity index (χ0n) is 17.8. The van der Waals surface area contributed by atoms with Gasteiger partial charge >= 0.3 is 0 Å². The van der Waals surface area contributed by atoms with E-state index >= 15 is 0 Å². The lowest BCUT2D eigenvalue weighted by Gasteiger charge is -2.12. The number of sulfonamides is 1. The second kappa shape index (κ2) is 9.18. The molecular weight excluding hydrogens is 469 g/mol. The van der Waals surface area contributed by atoms with Crippen LogP contribution in [0.3, 0.4) is 0 Å². The van der Waals surface area contributed by atoms with Crippen molar-refractivity contribution in [2.24, 2.45) is 0 Å². The highest BCUT2D eigenvalue weighted by Gasteiger charge is 2.23. The summed E-state index contributed by atoms with van der Waals surface area (Å²) in [5, 5.41) is 2.93. The first-order chi connectivity index (χ1) is 16.2.